The van der Waals surface area contributed by atoms with Gasteiger partial charge in [-0.3, -0.25) is 0 Å². The summed E-state index contributed by atoms with van der Waals surface area (Å²) in [7, 11) is 0. The minimum absolute atomic E-state index is 0.233. The van der Waals surface area contributed by atoms with Crippen LogP contribution in [0.4, 0.5) is 4.79 Å². The van der Waals surface area contributed by atoms with E-state index in [-0.39, 0.29) is 11.6 Å². The second-order valence-corrected chi connectivity index (χ2v) is 10.7. The molecule has 0 spiro atoms. The van der Waals surface area contributed by atoms with Gasteiger partial charge in [-0.1, -0.05) is 24.3 Å². The van der Waals surface area contributed by atoms with E-state index in [2.05, 4.69) is 58.7 Å². The zero-order valence-electron chi connectivity index (χ0n) is 18.6. The van der Waals surface area contributed by atoms with Crippen molar-refractivity contribution in [2.75, 3.05) is 32.7 Å². The van der Waals surface area contributed by atoms with Gasteiger partial charge < -0.3 is 15.0 Å². The molecule has 1 unspecified atom stereocenters. The van der Waals surface area contributed by atoms with Crippen molar-refractivity contribution in [1.82, 2.24) is 10.2 Å². The zero-order chi connectivity index (χ0) is 21.3. The molecule has 32 heavy (non-hydrogen) atoms. The first-order chi connectivity index (χ1) is 15.7. The lowest BCUT2D eigenvalue weighted by molar-refractivity contribution is -0.748. The van der Waals surface area contributed by atoms with E-state index in [9.17, 15) is 4.79 Å². The fourth-order valence-corrected chi connectivity index (χ4v) is 6.83. The second kappa shape index (κ2) is 6.82. The van der Waals surface area contributed by atoms with E-state index in [4.69, 9.17) is 4.74 Å². The van der Waals surface area contributed by atoms with Crippen molar-refractivity contribution in [2.24, 2.45) is 5.92 Å². The number of nitrogens with zero attached hydrogens (tertiary/aromatic N) is 2. The first-order valence-electron chi connectivity index (χ1n) is 12.4. The van der Waals surface area contributed by atoms with Crippen LogP contribution in [-0.4, -0.2) is 60.3 Å². The molecule has 5 aliphatic heterocycles. The van der Waals surface area contributed by atoms with Crippen molar-refractivity contribution in [1.29, 1.82) is 0 Å². The third kappa shape index (κ3) is 2.74. The average molecular weight is 431 g/mol. The van der Waals surface area contributed by atoms with Crippen molar-refractivity contribution >= 4 is 6.03 Å². The first kappa shape index (κ1) is 19.1. The maximum Gasteiger partial charge on any atom is 0.418 e. The number of ether oxygens (including phenoxy) is 1. The van der Waals surface area contributed by atoms with Gasteiger partial charge in [0.25, 0.3) is 0 Å². The summed E-state index contributed by atoms with van der Waals surface area (Å²) in [6.45, 7) is 5.16. The number of hydrogen-bond donors (Lipinski definition) is 1. The molecular weight excluding hydrogens is 398 g/mol. The van der Waals surface area contributed by atoms with Crippen LogP contribution in [-0.2, 0) is 12.0 Å². The third-order valence-electron chi connectivity index (χ3n) is 8.86. The molecule has 4 saturated heterocycles. The minimum atomic E-state index is -0.259. The number of urea groups is 1. The highest BCUT2D eigenvalue weighted by Gasteiger charge is 2.77. The number of benzene rings is 2. The number of piperidine rings is 3. The Morgan fingerprint density at radius 2 is 1.81 bits per heavy atom. The number of quaternary nitrogens is 1. The second-order valence-electron chi connectivity index (χ2n) is 10.7. The van der Waals surface area contributed by atoms with Gasteiger partial charge in [-0.2, -0.15) is 0 Å². The number of amides is 2. The molecule has 1 N–H and O–H groups in total. The van der Waals surface area contributed by atoms with Crippen LogP contribution in [0.1, 0.15) is 42.4 Å². The molecule has 6 aliphatic rings. The van der Waals surface area contributed by atoms with Gasteiger partial charge in [-0.15, -0.1) is 0 Å². The Kier molecular flexibility index (Phi) is 4.07. The van der Waals surface area contributed by atoms with Crippen molar-refractivity contribution in [3.05, 3.63) is 65.2 Å². The Hall–Kier alpha value is -2.37. The number of carbonyl (C=O) groups is 1. The van der Waals surface area contributed by atoms with E-state index in [0.29, 0.717) is 22.5 Å². The number of hydrogen-bond acceptors (Lipinski definition) is 3. The van der Waals surface area contributed by atoms with E-state index >= 15 is 0 Å². The molecule has 5 fully saturated rings. The number of nitrogens with one attached hydrogen (secondary N) is 1. The Balaban J connectivity index is 1.23. The maximum atomic E-state index is 13.9. The van der Waals surface area contributed by atoms with Crippen LogP contribution in [0, 0.1) is 5.92 Å². The van der Waals surface area contributed by atoms with Crippen LogP contribution in [0.3, 0.4) is 0 Å². The van der Waals surface area contributed by atoms with Crippen LogP contribution in [0.2, 0.25) is 0 Å². The average Bonchev–Trinajstić information content (AvgIpc) is 3.76. The molecule has 5 heteroatoms. The Labute approximate surface area is 189 Å². The summed E-state index contributed by atoms with van der Waals surface area (Å²) in [5.74, 6) is 1.60. The van der Waals surface area contributed by atoms with Gasteiger partial charge in [-0.25, -0.2) is 9.28 Å². The summed E-state index contributed by atoms with van der Waals surface area (Å²) in [5, 5.41) is 3.54. The Bertz CT molecular complexity index is 1060. The van der Waals surface area contributed by atoms with Crippen LogP contribution < -0.4 is 10.1 Å². The highest BCUT2D eigenvalue weighted by atomic mass is 16.5. The molecule has 2 amide bonds. The largest absolute Gasteiger partial charge is 0.490 e. The molecule has 166 valence electrons. The predicted molar refractivity (Wildman–Crippen MR) is 122 cm³/mol. The smallest absolute Gasteiger partial charge is 0.418 e. The van der Waals surface area contributed by atoms with E-state index in [1.165, 1.54) is 55.5 Å². The fourth-order valence-electron chi connectivity index (χ4n) is 6.83. The molecule has 5 heterocycles. The Morgan fingerprint density at radius 3 is 2.53 bits per heavy atom. The van der Waals surface area contributed by atoms with E-state index in [1.54, 1.807) is 0 Å². The summed E-state index contributed by atoms with van der Waals surface area (Å²) >= 11 is 0. The molecule has 5 nitrogen and oxygen atoms in total. The van der Waals surface area contributed by atoms with Crippen LogP contribution in [0.15, 0.2) is 48.5 Å². The molecular formula is C27H32N3O2+. The molecule has 1 aliphatic carbocycles. The summed E-state index contributed by atoms with van der Waals surface area (Å²) in [6.07, 6.45) is 6.15. The molecule has 2 aromatic carbocycles. The molecule has 1 saturated carbocycles. The van der Waals surface area contributed by atoms with Crippen molar-refractivity contribution < 1.29 is 14.0 Å². The van der Waals surface area contributed by atoms with Crippen molar-refractivity contribution in [3.63, 3.8) is 0 Å². The highest BCUT2D eigenvalue weighted by Crippen LogP contribution is 2.59. The number of rotatable bonds is 4. The normalized spacial score (nSPS) is 36.7. The maximum absolute atomic E-state index is 13.9. The van der Waals surface area contributed by atoms with Gasteiger partial charge in [0.2, 0.25) is 5.54 Å². The summed E-state index contributed by atoms with van der Waals surface area (Å²) < 4.78 is 6.52. The van der Waals surface area contributed by atoms with Gasteiger partial charge in [0.15, 0.2) is 6.54 Å². The SMILES string of the molecule is O=C(N[C@@H]1CN2CCC1CC2)[N+]12CCc3ccccc3[C@]1(c1ccc(OC3CC3)cc1)C2. The van der Waals surface area contributed by atoms with Crippen LogP contribution in [0.5, 0.6) is 5.75 Å². The van der Waals surface area contributed by atoms with Crippen molar-refractivity contribution in [3.8, 4) is 5.75 Å². The van der Waals surface area contributed by atoms with Gasteiger partial charge in [0.1, 0.15) is 5.75 Å². The molecule has 3 atom stereocenters. The molecule has 8 rings (SSSR count). The van der Waals surface area contributed by atoms with Gasteiger partial charge >= 0.3 is 6.03 Å². The lowest BCUT2D eigenvalue weighted by atomic mass is 9.83. The van der Waals surface area contributed by atoms with Crippen LogP contribution >= 0.6 is 0 Å². The monoisotopic (exact) mass is 430 g/mol. The first-order valence-corrected chi connectivity index (χ1v) is 12.4. The lowest BCUT2D eigenvalue weighted by Crippen LogP contribution is -2.61. The fraction of sp³-hybridized carbons (Fsp3) is 0.519. The van der Waals surface area contributed by atoms with E-state index in [0.717, 1.165) is 31.8 Å². The zero-order valence-corrected chi connectivity index (χ0v) is 18.6. The van der Waals surface area contributed by atoms with Crippen molar-refractivity contribution in [2.45, 2.75) is 49.8 Å². The molecule has 2 bridgehead atoms. The number of fused-ring (bicyclic) bond motifs is 6. The minimum Gasteiger partial charge on any atom is -0.490 e. The summed E-state index contributed by atoms with van der Waals surface area (Å²) in [6, 6.07) is 17.9. The molecule has 0 radical (unpaired) electrons. The molecule has 0 aromatic heterocycles. The molecule has 2 aromatic rings. The summed E-state index contributed by atoms with van der Waals surface area (Å²) in [4.78, 5) is 16.5. The van der Waals surface area contributed by atoms with Gasteiger partial charge in [0.05, 0.1) is 12.6 Å². The predicted octanol–water partition coefficient (Wildman–Crippen LogP) is 3.66. The standard InChI is InChI=1S/C27H31N3O2/c31-26(28-25-17-29-14-11-20(25)12-15-29)30-16-13-19-3-1-2-4-24(19)27(30,18-30)21-5-7-22(8-6-21)32-23-9-10-23/h1-8,20,23,25H,9-18H2/p+1/t25-,27-,30?/m1/s1. The lowest BCUT2D eigenvalue weighted by Gasteiger charge is -2.45. The quantitative estimate of drug-likeness (QED) is 0.595. The Morgan fingerprint density at radius 1 is 1.03 bits per heavy atom. The van der Waals surface area contributed by atoms with E-state index < -0.39 is 0 Å². The third-order valence-corrected chi connectivity index (χ3v) is 8.86. The highest BCUT2D eigenvalue weighted by molar-refractivity contribution is 5.73. The van der Waals surface area contributed by atoms with Crippen LogP contribution in [0.25, 0.3) is 0 Å². The van der Waals surface area contributed by atoms with E-state index in [1.807, 2.05) is 0 Å². The summed E-state index contributed by atoms with van der Waals surface area (Å²) in [5.41, 5.74) is 3.72. The topological polar surface area (TPSA) is 41.6 Å². The number of carbonyl (C=O) groups excluding carboxylic acids is 1. The van der Waals surface area contributed by atoms with Gasteiger partial charge in [-0.05, 0) is 74.5 Å². The van der Waals surface area contributed by atoms with Gasteiger partial charge in [0, 0.05) is 30.1 Å².